The first-order valence-electron chi connectivity index (χ1n) is 4.07. The number of halogens is 13. The SMILES string of the molecule is [O]C(F)(F)C(F)(F)C(F)(F)OC(F)(F)C(F)(F)C(F)(F)F. The summed E-state index contributed by atoms with van der Waals surface area (Å²) in [4.78, 5) is 0. The van der Waals surface area contributed by atoms with E-state index in [9.17, 15) is 62.2 Å². The molecule has 0 heterocycles. The minimum Gasteiger partial charge on any atom is -0.245 e. The predicted molar refractivity (Wildman–Crippen MR) is 32.6 cm³/mol. The molecule has 0 saturated carbocycles. The number of hydrogen-bond donors (Lipinski definition) is 0. The summed E-state index contributed by atoms with van der Waals surface area (Å²) < 4.78 is 156. The lowest BCUT2D eigenvalue weighted by atomic mass is 10.2. The van der Waals surface area contributed by atoms with Crippen LogP contribution in [0.3, 0.4) is 0 Å². The van der Waals surface area contributed by atoms with Gasteiger partial charge in [-0.3, -0.25) is 0 Å². The summed E-state index contributed by atoms with van der Waals surface area (Å²) in [6, 6.07) is 0. The maximum absolute atomic E-state index is 12.3. The number of hydrogen-bond acceptors (Lipinski definition) is 1. The largest absolute Gasteiger partial charge is 0.462 e. The van der Waals surface area contributed by atoms with Gasteiger partial charge in [0.2, 0.25) is 0 Å². The van der Waals surface area contributed by atoms with Gasteiger partial charge in [-0.1, -0.05) is 0 Å². The van der Waals surface area contributed by atoms with Crippen molar-refractivity contribution in [1.82, 2.24) is 0 Å². The van der Waals surface area contributed by atoms with E-state index in [0.717, 1.165) is 0 Å². The van der Waals surface area contributed by atoms with Crippen LogP contribution in [0.1, 0.15) is 0 Å². The van der Waals surface area contributed by atoms with E-state index in [1.165, 1.54) is 4.74 Å². The quantitative estimate of drug-likeness (QED) is 0.688. The molecule has 15 heteroatoms. The van der Waals surface area contributed by atoms with Gasteiger partial charge in [0.25, 0.3) is 0 Å². The number of ether oxygens (including phenoxy) is 1. The van der Waals surface area contributed by atoms with Crippen molar-refractivity contribution in [1.29, 1.82) is 0 Å². The highest BCUT2D eigenvalue weighted by Gasteiger charge is 2.82. The average molecular weight is 351 g/mol. The molecule has 0 aromatic carbocycles. The van der Waals surface area contributed by atoms with Crippen molar-refractivity contribution < 1.29 is 66.9 Å². The molecule has 0 amide bonds. The topological polar surface area (TPSA) is 29.1 Å². The van der Waals surface area contributed by atoms with E-state index in [2.05, 4.69) is 0 Å². The highest BCUT2D eigenvalue weighted by molar-refractivity contribution is 4.90. The highest BCUT2D eigenvalue weighted by atomic mass is 19.4. The first-order chi connectivity index (χ1) is 8.71. The van der Waals surface area contributed by atoms with E-state index >= 15 is 0 Å². The Balaban J connectivity index is 5.65. The summed E-state index contributed by atoms with van der Waals surface area (Å²) in [5.41, 5.74) is 0. The zero-order chi connectivity index (χ0) is 17.7. The minimum absolute atomic E-state index is 1.24. The van der Waals surface area contributed by atoms with E-state index < -0.39 is 36.3 Å². The molecular formula is C6F13O2. The van der Waals surface area contributed by atoms with Crippen molar-refractivity contribution in [2.45, 2.75) is 36.3 Å². The summed E-state index contributed by atoms with van der Waals surface area (Å²) in [7, 11) is 0. The molecule has 0 N–H and O–H groups in total. The van der Waals surface area contributed by atoms with Crippen LogP contribution in [0.2, 0.25) is 0 Å². The Bertz CT molecular complexity index is 341. The third-order valence-corrected chi connectivity index (χ3v) is 1.71. The molecule has 127 valence electrons. The Morgan fingerprint density at radius 2 is 0.810 bits per heavy atom. The Hall–Kier alpha value is -0.990. The van der Waals surface area contributed by atoms with E-state index in [1.54, 1.807) is 0 Å². The molecule has 21 heavy (non-hydrogen) atoms. The third kappa shape index (κ3) is 3.27. The third-order valence-electron chi connectivity index (χ3n) is 1.71. The van der Waals surface area contributed by atoms with Gasteiger partial charge in [-0.05, 0) is 0 Å². The number of alkyl halides is 13. The van der Waals surface area contributed by atoms with E-state index in [0.29, 0.717) is 0 Å². The Morgan fingerprint density at radius 1 is 0.524 bits per heavy atom. The second-order valence-electron chi connectivity index (χ2n) is 3.30. The first kappa shape index (κ1) is 20.0. The van der Waals surface area contributed by atoms with Gasteiger partial charge in [0, 0.05) is 0 Å². The highest BCUT2D eigenvalue weighted by Crippen LogP contribution is 2.53. The Morgan fingerprint density at radius 3 is 1.05 bits per heavy atom. The monoisotopic (exact) mass is 351 g/mol. The van der Waals surface area contributed by atoms with Crippen molar-refractivity contribution in [3.05, 3.63) is 0 Å². The molecular weight excluding hydrogens is 351 g/mol. The molecule has 0 spiro atoms. The standard InChI is InChI=1S/C6F13O2/c7-1(8,3(11,12)13)5(16,17)21-6(18,19)2(9,10)4(14,15)20. The van der Waals surface area contributed by atoms with Crippen LogP contribution in [-0.4, -0.2) is 36.3 Å². The summed E-state index contributed by atoms with van der Waals surface area (Å²) in [6.45, 7) is 0. The lowest BCUT2D eigenvalue weighted by Crippen LogP contribution is -2.62. The summed E-state index contributed by atoms with van der Waals surface area (Å²) >= 11 is 0. The molecule has 0 saturated heterocycles. The molecule has 0 atom stereocenters. The van der Waals surface area contributed by atoms with E-state index in [-0.39, 0.29) is 0 Å². The fourth-order valence-electron chi connectivity index (χ4n) is 0.624. The van der Waals surface area contributed by atoms with Gasteiger partial charge in [0.05, 0.1) is 0 Å². The lowest BCUT2D eigenvalue weighted by Gasteiger charge is -2.33. The normalized spacial score (nSPS) is 16.3. The molecule has 0 rings (SSSR count). The van der Waals surface area contributed by atoms with Crippen molar-refractivity contribution in [3.63, 3.8) is 0 Å². The van der Waals surface area contributed by atoms with Crippen LogP contribution in [0.4, 0.5) is 57.1 Å². The molecule has 0 aliphatic heterocycles. The van der Waals surface area contributed by atoms with Crippen molar-refractivity contribution in [2.24, 2.45) is 0 Å². The second kappa shape index (κ2) is 4.76. The molecule has 0 aromatic heterocycles. The maximum Gasteiger partial charge on any atom is 0.462 e. The van der Waals surface area contributed by atoms with Crippen LogP contribution in [0.5, 0.6) is 0 Å². The average Bonchev–Trinajstić information content (AvgIpc) is 2.11. The van der Waals surface area contributed by atoms with Gasteiger partial charge in [-0.25, -0.2) is 4.74 Å². The smallest absolute Gasteiger partial charge is 0.245 e. The van der Waals surface area contributed by atoms with Gasteiger partial charge < -0.3 is 0 Å². The molecule has 0 aromatic rings. The zero-order valence-corrected chi connectivity index (χ0v) is 8.73. The Kier molecular flexibility index (Phi) is 4.53. The zero-order valence-electron chi connectivity index (χ0n) is 8.73. The first-order valence-corrected chi connectivity index (χ1v) is 4.07. The van der Waals surface area contributed by atoms with Gasteiger partial charge in [0.15, 0.2) is 0 Å². The molecule has 1 radical (unpaired) electrons. The number of rotatable bonds is 5. The van der Waals surface area contributed by atoms with E-state index in [4.69, 9.17) is 0 Å². The van der Waals surface area contributed by atoms with Crippen LogP contribution >= 0.6 is 0 Å². The molecule has 0 aliphatic rings. The van der Waals surface area contributed by atoms with Crippen molar-refractivity contribution in [3.8, 4) is 0 Å². The van der Waals surface area contributed by atoms with Crippen LogP contribution in [-0.2, 0) is 9.84 Å². The Labute approximate surface area is 105 Å². The molecule has 0 bridgehead atoms. The lowest BCUT2D eigenvalue weighted by molar-refractivity contribution is -0.524. The molecule has 0 aliphatic carbocycles. The molecule has 0 fully saturated rings. The second-order valence-corrected chi connectivity index (χ2v) is 3.30. The summed E-state index contributed by atoms with van der Waals surface area (Å²) in [6.07, 6.45) is -29.0. The molecule has 0 unspecified atom stereocenters. The van der Waals surface area contributed by atoms with Crippen LogP contribution in [0, 0.1) is 0 Å². The fourth-order valence-corrected chi connectivity index (χ4v) is 0.624. The fraction of sp³-hybridized carbons (Fsp3) is 1.00. The van der Waals surface area contributed by atoms with Crippen LogP contribution < -0.4 is 0 Å². The minimum atomic E-state index is -7.43. The van der Waals surface area contributed by atoms with Gasteiger partial charge in [-0.15, -0.1) is 0 Å². The predicted octanol–water partition coefficient (Wildman–Crippen LogP) is 4.04. The molecule has 2 nitrogen and oxygen atoms in total. The summed E-state index contributed by atoms with van der Waals surface area (Å²) in [5, 5.41) is 9.41. The summed E-state index contributed by atoms with van der Waals surface area (Å²) in [5.74, 6) is -14.8. The van der Waals surface area contributed by atoms with Gasteiger partial charge >= 0.3 is 36.3 Å². The maximum atomic E-state index is 12.3. The van der Waals surface area contributed by atoms with Crippen LogP contribution in [0.15, 0.2) is 0 Å². The van der Waals surface area contributed by atoms with Crippen molar-refractivity contribution >= 4 is 0 Å². The van der Waals surface area contributed by atoms with Crippen LogP contribution in [0.25, 0.3) is 0 Å². The van der Waals surface area contributed by atoms with Gasteiger partial charge in [0.1, 0.15) is 0 Å². The van der Waals surface area contributed by atoms with E-state index in [1.807, 2.05) is 0 Å². The van der Waals surface area contributed by atoms with Gasteiger partial charge in [-0.2, -0.15) is 62.2 Å². The van der Waals surface area contributed by atoms with Crippen molar-refractivity contribution in [2.75, 3.05) is 0 Å².